The van der Waals surface area contributed by atoms with Gasteiger partial charge in [0.1, 0.15) is 0 Å². The molecule has 1 rings (SSSR count). The molecule has 0 unspecified atom stereocenters. The number of nitrogens with one attached hydrogen (secondary N) is 1. The third-order valence-electron chi connectivity index (χ3n) is 2.87. The van der Waals surface area contributed by atoms with E-state index < -0.39 is 0 Å². The van der Waals surface area contributed by atoms with E-state index in [0.717, 1.165) is 54.9 Å². The highest BCUT2D eigenvalue weighted by atomic mass is 79.9. The summed E-state index contributed by atoms with van der Waals surface area (Å²) in [6.07, 6.45) is 3.32. The minimum atomic E-state index is 0.641. The number of benzene rings is 1. The third kappa shape index (κ3) is 5.71. The van der Waals surface area contributed by atoms with Crippen LogP contribution in [0.25, 0.3) is 0 Å². The highest BCUT2D eigenvalue weighted by Crippen LogP contribution is 2.37. The zero-order valence-electron chi connectivity index (χ0n) is 12.8. The van der Waals surface area contributed by atoms with E-state index in [-0.39, 0.29) is 0 Å². The lowest BCUT2D eigenvalue weighted by atomic mass is 10.2. The van der Waals surface area contributed by atoms with E-state index in [9.17, 15) is 0 Å². The van der Waals surface area contributed by atoms with Gasteiger partial charge in [-0.15, -0.1) is 0 Å². The Bertz CT molecular complexity index is 396. The Balaban J connectivity index is 2.81. The van der Waals surface area contributed by atoms with Crippen LogP contribution in [-0.2, 0) is 6.54 Å². The summed E-state index contributed by atoms with van der Waals surface area (Å²) in [6.45, 7) is 9.55. The van der Waals surface area contributed by atoms with Gasteiger partial charge in [-0.3, -0.25) is 0 Å². The molecule has 20 heavy (non-hydrogen) atoms. The van der Waals surface area contributed by atoms with Gasteiger partial charge < -0.3 is 14.8 Å². The van der Waals surface area contributed by atoms with E-state index in [1.54, 1.807) is 0 Å². The molecule has 1 aromatic carbocycles. The van der Waals surface area contributed by atoms with Gasteiger partial charge in [0.2, 0.25) is 0 Å². The first-order chi connectivity index (χ1) is 9.72. The van der Waals surface area contributed by atoms with Gasteiger partial charge >= 0.3 is 0 Å². The summed E-state index contributed by atoms with van der Waals surface area (Å²) >= 11 is 3.60. The summed E-state index contributed by atoms with van der Waals surface area (Å²) in [6, 6.07) is 4.17. The molecule has 0 amide bonds. The molecule has 114 valence electrons. The van der Waals surface area contributed by atoms with Crippen molar-refractivity contribution in [3.8, 4) is 11.5 Å². The fourth-order valence-electron chi connectivity index (χ4n) is 1.85. The van der Waals surface area contributed by atoms with Gasteiger partial charge in [-0.25, -0.2) is 0 Å². The first kappa shape index (κ1) is 17.3. The standard InChI is InChI=1S/C16H26BrNO2/c1-4-7-9-20-16-14(17)10-13(12-18-8-5-2)11-15(16)19-6-3/h10-11,18H,4-9,12H2,1-3H3. The minimum absolute atomic E-state index is 0.641. The minimum Gasteiger partial charge on any atom is -0.490 e. The van der Waals surface area contributed by atoms with Crippen molar-refractivity contribution in [1.29, 1.82) is 0 Å². The molecule has 0 aliphatic heterocycles. The fraction of sp³-hybridized carbons (Fsp3) is 0.625. The van der Waals surface area contributed by atoms with Crippen molar-refractivity contribution < 1.29 is 9.47 Å². The first-order valence-electron chi connectivity index (χ1n) is 7.51. The smallest absolute Gasteiger partial charge is 0.175 e. The molecule has 0 saturated carbocycles. The Morgan fingerprint density at radius 2 is 1.90 bits per heavy atom. The molecular formula is C16H26BrNO2. The maximum absolute atomic E-state index is 5.85. The topological polar surface area (TPSA) is 30.5 Å². The molecule has 0 bridgehead atoms. The lowest BCUT2D eigenvalue weighted by molar-refractivity contribution is 0.271. The molecule has 4 heteroatoms. The zero-order chi connectivity index (χ0) is 14.8. The van der Waals surface area contributed by atoms with E-state index in [2.05, 4.69) is 47.2 Å². The number of hydrogen-bond acceptors (Lipinski definition) is 3. The second-order valence-electron chi connectivity index (χ2n) is 4.72. The maximum atomic E-state index is 5.85. The average Bonchev–Trinajstić information content (AvgIpc) is 2.42. The maximum Gasteiger partial charge on any atom is 0.175 e. The van der Waals surface area contributed by atoms with E-state index in [0.29, 0.717) is 6.61 Å². The Hall–Kier alpha value is -0.740. The van der Waals surface area contributed by atoms with Crippen molar-refractivity contribution >= 4 is 15.9 Å². The van der Waals surface area contributed by atoms with Crippen LogP contribution < -0.4 is 14.8 Å². The van der Waals surface area contributed by atoms with Crippen molar-refractivity contribution in [3.63, 3.8) is 0 Å². The van der Waals surface area contributed by atoms with Crippen LogP contribution in [0.3, 0.4) is 0 Å². The number of ether oxygens (including phenoxy) is 2. The second-order valence-corrected chi connectivity index (χ2v) is 5.57. The predicted molar refractivity (Wildman–Crippen MR) is 87.7 cm³/mol. The quantitative estimate of drug-likeness (QED) is 0.633. The molecule has 0 saturated heterocycles. The summed E-state index contributed by atoms with van der Waals surface area (Å²) in [5, 5.41) is 3.40. The van der Waals surface area contributed by atoms with Crippen molar-refractivity contribution in [1.82, 2.24) is 5.32 Å². The van der Waals surface area contributed by atoms with Gasteiger partial charge in [0.15, 0.2) is 11.5 Å². The van der Waals surface area contributed by atoms with Crippen LogP contribution in [-0.4, -0.2) is 19.8 Å². The van der Waals surface area contributed by atoms with Crippen LogP contribution >= 0.6 is 15.9 Å². The Labute approximate surface area is 131 Å². The number of hydrogen-bond donors (Lipinski definition) is 1. The molecule has 0 spiro atoms. The zero-order valence-corrected chi connectivity index (χ0v) is 14.4. The summed E-state index contributed by atoms with van der Waals surface area (Å²) < 4.78 is 12.5. The highest BCUT2D eigenvalue weighted by molar-refractivity contribution is 9.10. The van der Waals surface area contributed by atoms with Gasteiger partial charge in [-0.1, -0.05) is 20.3 Å². The van der Waals surface area contributed by atoms with Gasteiger partial charge in [-0.05, 0) is 59.9 Å². The van der Waals surface area contributed by atoms with Crippen LogP contribution in [0.4, 0.5) is 0 Å². The Morgan fingerprint density at radius 3 is 2.55 bits per heavy atom. The van der Waals surface area contributed by atoms with E-state index in [1.807, 2.05) is 6.92 Å². The molecule has 0 aliphatic rings. The average molecular weight is 344 g/mol. The van der Waals surface area contributed by atoms with Crippen molar-refractivity contribution in [3.05, 3.63) is 22.2 Å². The van der Waals surface area contributed by atoms with Crippen molar-refractivity contribution in [2.45, 2.75) is 46.6 Å². The molecule has 0 aliphatic carbocycles. The van der Waals surface area contributed by atoms with Crippen molar-refractivity contribution in [2.75, 3.05) is 19.8 Å². The van der Waals surface area contributed by atoms with Crippen LogP contribution in [0.5, 0.6) is 11.5 Å². The normalized spacial score (nSPS) is 10.6. The molecular weight excluding hydrogens is 318 g/mol. The van der Waals surface area contributed by atoms with Crippen molar-refractivity contribution in [2.24, 2.45) is 0 Å². The summed E-state index contributed by atoms with van der Waals surface area (Å²) in [5.41, 5.74) is 1.21. The lowest BCUT2D eigenvalue weighted by Crippen LogP contribution is -2.14. The predicted octanol–water partition coefficient (Wildman–Crippen LogP) is 4.53. The highest BCUT2D eigenvalue weighted by Gasteiger charge is 2.12. The number of unbranched alkanes of at least 4 members (excludes halogenated alkanes) is 1. The van der Waals surface area contributed by atoms with E-state index in [1.165, 1.54) is 5.56 Å². The Kier molecular flexibility index (Phi) is 8.70. The SMILES string of the molecule is CCCCOc1c(Br)cc(CNCCC)cc1OCC. The molecule has 0 atom stereocenters. The molecule has 1 aromatic rings. The summed E-state index contributed by atoms with van der Waals surface area (Å²) in [5.74, 6) is 1.64. The lowest BCUT2D eigenvalue weighted by Gasteiger charge is -2.15. The molecule has 0 aromatic heterocycles. The van der Waals surface area contributed by atoms with Crippen LogP contribution in [0, 0.1) is 0 Å². The monoisotopic (exact) mass is 343 g/mol. The molecule has 0 heterocycles. The fourth-order valence-corrected chi connectivity index (χ4v) is 2.46. The third-order valence-corrected chi connectivity index (χ3v) is 3.46. The van der Waals surface area contributed by atoms with E-state index in [4.69, 9.17) is 9.47 Å². The molecule has 1 N–H and O–H groups in total. The van der Waals surface area contributed by atoms with Gasteiger partial charge in [0.05, 0.1) is 17.7 Å². The number of rotatable bonds is 10. The number of halogens is 1. The van der Waals surface area contributed by atoms with Crippen LogP contribution in [0.2, 0.25) is 0 Å². The van der Waals surface area contributed by atoms with E-state index >= 15 is 0 Å². The Morgan fingerprint density at radius 1 is 1.10 bits per heavy atom. The van der Waals surface area contributed by atoms with Gasteiger partial charge in [0, 0.05) is 6.54 Å². The van der Waals surface area contributed by atoms with Crippen LogP contribution in [0.15, 0.2) is 16.6 Å². The molecule has 3 nitrogen and oxygen atoms in total. The molecule has 0 radical (unpaired) electrons. The van der Waals surface area contributed by atoms with Gasteiger partial charge in [0.25, 0.3) is 0 Å². The molecule has 0 fully saturated rings. The second kappa shape index (κ2) is 10.1. The summed E-state index contributed by atoms with van der Waals surface area (Å²) in [4.78, 5) is 0. The largest absolute Gasteiger partial charge is 0.490 e. The first-order valence-corrected chi connectivity index (χ1v) is 8.30. The van der Waals surface area contributed by atoms with Gasteiger partial charge in [-0.2, -0.15) is 0 Å². The summed E-state index contributed by atoms with van der Waals surface area (Å²) in [7, 11) is 0. The van der Waals surface area contributed by atoms with Crippen LogP contribution in [0.1, 0.15) is 45.6 Å².